The Balaban J connectivity index is 2.50. The molecule has 0 aromatic rings. The van der Waals surface area contributed by atoms with E-state index in [-0.39, 0.29) is 6.61 Å². The van der Waals surface area contributed by atoms with Crippen LogP contribution in [0, 0.1) is 5.41 Å². The van der Waals surface area contributed by atoms with Gasteiger partial charge in [-0.2, -0.15) is 0 Å². The van der Waals surface area contributed by atoms with Crippen LogP contribution in [0.5, 0.6) is 0 Å². The standard InChI is InChI=1S/C8H14F2N2O2/c1-8(4-14-3-5(8)11)7(13)12-2-6(9)10/h5-6H,2-4,11H2,1H3,(H,12,13). The van der Waals surface area contributed by atoms with Crippen molar-refractivity contribution in [2.24, 2.45) is 11.1 Å². The van der Waals surface area contributed by atoms with Crippen molar-refractivity contribution < 1.29 is 18.3 Å². The summed E-state index contributed by atoms with van der Waals surface area (Å²) in [6.45, 7) is 1.45. The third-order valence-corrected chi connectivity index (χ3v) is 2.45. The second kappa shape index (κ2) is 4.18. The Labute approximate surface area is 80.8 Å². The van der Waals surface area contributed by atoms with Crippen LogP contribution in [0.2, 0.25) is 0 Å². The molecule has 2 atom stereocenters. The molecule has 4 nitrogen and oxygen atoms in total. The van der Waals surface area contributed by atoms with E-state index >= 15 is 0 Å². The van der Waals surface area contributed by atoms with Crippen LogP contribution in [-0.4, -0.2) is 38.1 Å². The number of halogens is 2. The maximum atomic E-state index is 11.8. The first kappa shape index (κ1) is 11.3. The molecule has 0 radical (unpaired) electrons. The lowest BCUT2D eigenvalue weighted by Crippen LogP contribution is -2.50. The Morgan fingerprint density at radius 2 is 2.43 bits per heavy atom. The molecule has 1 heterocycles. The van der Waals surface area contributed by atoms with Crippen molar-refractivity contribution in [2.75, 3.05) is 19.8 Å². The van der Waals surface area contributed by atoms with Crippen molar-refractivity contribution in [1.82, 2.24) is 5.32 Å². The molecular formula is C8H14F2N2O2. The van der Waals surface area contributed by atoms with Crippen molar-refractivity contribution >= 4 is 5.91 Å². The molecule has 6 heteroatoms. The summed E-state index contributed by atoms with van der Waals surface area (Å²) < 4.78 is 28.7. The first-order valence-corrected chi connectivity index (χ1v) is 4.36. The number of nitrogens with one attached hydrogen (secondary N) is 1. The lowest BCUT2D eigenvalue weighted by Gasteiger charge is -2.25. The fourth-order valence-corrected chi connectivity index (χ4v) is 1.29. The van der Waals surface area contributed by atoms with Crippen LogP contribution < -0.4 is 11.1 Å². The summed E-state index contributed by atoms with van der Waals surface area (Å²) in [5.74, 6) is -0.470. The average molecular weight is 208 g/mol. The minimum absolute atomic E-state index is 0.184. The molecule has 0 saturated carbocycles. The van der Waals surface area contributed by atoms with E-state index in [4.69, 9.17) is 10.5 Å². The zero-order chi connectivity index (χ0) is 10.8. The molecule has 1 amide bonds. The summed E-state index contributed by atoms with van der Waals surface area (Å²) in [5.41, 5.74) is 4.77. The van der Waals surface area contributed by atoms with Crippen molar-refractivity contribution in [1.29, 1.82) is 0 Å². The number of carbonyl (C=O) groups excluding carboxylic acids is 1. The highest BCUT2D eigenvalue weighted by molar-refractivity contribution is 5.83. The molecule has 0 aromatic carbocycles. The predicted octanol–water partition coefficient (Wildman–Crippen LogP) is -0.268. The van der Waals surface area contributed by atoms with Crippen LogP contribution >= 0.6 is 0 Å². The molecule has 0 spiro atoms. The van der Waals surface area contributed by atoms with Crippen LogP contribution in [0.1, 0.15) is 6.92 Å². The number of rotatable bonds is 3. The van der Waals surface area contributed by atoms with Gasteiger partial charge in [-0.05, 0) is 6.92 Å². The summed E-state index contributed by atoms with van der Waals surface area (Å²) in [6, 6.07) is -0.430. The van der Waals surface area contributed by atoms with Gasteiger partial charge < -0.3 is 15.8 Å². The van der Waals surface area contributed by atoms with Gasteiger partial charge in [0.1, 0.15) is 0 Å². The SMILES string of the molecule is CC1(C(=O)NCC(F)F)COCC1N. The topological polar surface area (TPSA) is 64.3 Å². The third-order valence-electron chi connectivity index (χ3n) is 2.45. The summed E-state index contributed by atoms with van der Waals surface area (Å²) in [5, 5.41) is 2.15. The number of alkyl halides is 2. The lowest BCUT2D eigenvalue weighted by atomic mass is 9.85. The first-order valence-electron chi connectivity index (χ1n) is 4.36. The second-order valence-electron chi connectivity index (χ2n) is 3.64. The quantitative estimate of drug-likeness (QED) is 0.671. The van der Waals surface area contributed by atoms with Gasteiger partial charge in [0, 0.05) is 6.04 Å². The van der Waals surface area contributed by atoms with Crippen LogP contribution in [0.3, 0.4) is 0 Å². The van der Waals surface area contributed by atoms with E-state index < -0.39 is 30.3 Å². The normalized spacial score (nSPS) is 32.2. The van der Waals surface area contributed by atoms with E-state index in [9.17, 15) is 13.6 Å². The molecule has 3 N–H and O–H groups in total. The van der Waals surface area contributed by atoms with Crippen LogP contribution in [0.4, 0.5) is 8.78 Å². The van der Waals surface area contributed by atoms with Gasteiger partial charge in [0.2, 0.25) is 5.91 Å². The van der Waals surface area contributed by atoms with Gasteiger partial charge in [0.15, 0.2) is 0 Å². The van der Waals surface area contributed by atoms with Gasteiger partial charge in [-0.3, -0.25) is 4.79 Å². The van der Waals surface area contributed by atoms with Crippen molar-refractivity contribution in [3.8, 4) is 0 Å². The summed E-state index contributed by atoms with van der Waals surface area (Å²) in [4.78, 5) is 11.5. The molecule has 0 aromatic heterocycles. The Hall–Kier alpha value is -0.750. The number of amides is 1. The van der Waals surface area contributed by atoms with E-state index in [0.29, 0.717) is 6.61 Å². The van der Waals surface area contributed by atoms with Crippen molar-refractivity contribution in [2.45, 2.75) is 19.4 Å². The number of hydrogen-bond acceptors (Lipinski definition) is 3. The fraction of sp³-hybridized carbons (Fsp3) is 0.875. The largest absolute Gasteiger partial charge is 0.379 e. The minimum Gasteiger partial charge on any atom is -0.379 e. The van der Waals surface area contributed by atoms with Gasteiger partial charge in [-0.1, -0.05) is 0 Å². The Morgan fingerprint density at radius 3 is 2.86 bits per heavy atom. The Morgan fingerprint density at radius 1 is 1.79 bits per heavy atom. The molecule has 2 unspecified atom stereocenters. The highest BCUT2D eigenvalue weighted by atomic mass is 19.3. The smallest absolute Gasteiger partial charge is 0.255 e. The summed E-state index contributed by atoms with van der Waals surface area (Å²) in [6.07, 6.45) is -2.54. The summed E-state index contributed by atoms with van der Waals surface area (Å²) >= 11 is 0. The number of ether oxygens (including phenoxy) is 1. The molecule has 1 aliphatic rings. The van der Waals surface area contributed by atoms with E-state index in [1.54, 1.807) is 6.92 Å². The molecule has 1 saturated heterocycles. The molecule has 14 heavy (non-hydrogen) atoms. The van der Waals surface area contributed by atoms with E-state index in [1.807, 2.05) is 0 Å². The highest BCUT2D eigenvalue weighted by Crippen LogP contribution is 2.26. The maximum Gasteiger partial charge on any atom is 0.255 e. The monoisotopic (exact) mass is 208 g/mol. The zero-order valence-corrected chi connectivity index (χ0v) is 7.93. The van der Waals surface area contributed by atoms with E-state index in [0.717, 1.165) is 0 Å². The number of carbonyl (C=O) groups is 1. The van der Waals surface area contributed by atoms with Crippen molar-refractivity contribution in [3.05, 3.63) is 0 Å². The van der Waals surface area contributed by atoms with Gasteiger partial charge in [0.05, 0.1) is 25.2 Å². The average Bonchev–Trinajstić information content (AvgIpc) is 2.44. The van der Waals surface area contributed by atoms with Crippen LogP contribution in [-0.2, 0) is 9.53 Å². The van der Waals surface area contributed by atoms with Gasteiger partial charge in [0.25, 0.3) is 6.43 Å². The fourth-order valence-electron chi connectivity index (χ4n) is 1.29. The molecule has 82 valence electrons. The number of nitrogens with two attached hydrogens (primary N) is 1. The molecule has 1 rings (SSSR count). The third kappa shape index (κ3) is 2.19. The van der Waals surface area contributed by atoms with Crippen LogP contribution in [0.15, 0.2) is 0 Å². The highest BCUT2D eigenvalue weighted by Gasteiger charge is 2.44. The molecule has 0 bridgehead atoms. The predicted molar refractivity (Wildman–Crippen MR) is 45.9 cm³/mol. The maximum absolute atomic E-state index is 11.8. The van der Waals surface area contributed by atoms with Gasteiger partial charge in [-0.15, -0.1) is 0 Å². The minimum atomic E-state index is -2.54. The van der Waals surface area contributed by atoms with Crippen molar-refractivity contribution in [3.63, 3.8) is 0 Å². The molecule has 0 aliphatic carbocycles. The first-order chi connectivity index (χ1) is 6.47. The Kier molecular flexibility index (Phi) is 3.38. The van der Waals surface area contributed by atoms with Gasteiger partial charge >= 0.3 is 0 Å². The summed E-state index contributed by atoms with van der Waals surface area (Å²) in [7, 11) is 0. The van der Waals surface area contributed by atoms with E-state index in [2.05, 4.69) is 5.32 Å². The number of hydrogen-bond donors (Lipinski definition) is 2. The molecule has 1 aliphatic heterocycles. The molecular weight excluding hydrogens is 194 g/mol. The van der Waals surface area contributed by atoms with E-state index in [1.165, 1.54) is 0 Å². The molecule has 1 fully saturated rings. The second-order valence-corrected chi connectivity index (χ2v) is 3.64. The Bertz CT molecular complexity index is 225. The zero-order valence-electron chi connectivity index (χ0n) is 7.93. The lowest BCUT2D eigenvalue weighted by molar-refractivity contribution is -0.131. The van der Waals surface area contributed by atoms with Crippen LogP contribution in [0.25, 0.3) is 0 Å². The van der Waals surface area contributed by atoms with Gasteiger partial charge in [-0.25, -0.2) is 8.78 Å².